The van der Waals surface area contributed by atoms with Crippen molar-refractivity contribution in [3.8, 4) is 0 Å². The number of hydrogen-bond donors (Lipinski definition) is 1. The average molecular weight is 235 g/mol. The summed E-state index contributed by atoms with van der Waals surface area (Å²) in [5.74, 6) is 0.312. The highest BCUT2D eigenvalue weighted by Crippen LogP contribution is 2.14. The molecule has 0 aliphatic rings. The minimum atomic E-state index is -0.414. The first-order valence-corrected chi connectivity index (χ1v) is 5.98. The SMILES string of the molecule is CC(C)c1ccc(CCN(C)C(=O)CO)cc1. The van der Waals surface area contributed by atoms with Crippen LogP contribution in [-0.4, -0.2) is 36.1 Å². The predicted molar refractivity (Wildman–Crippen MR) is 69.0 cm³/mol. The van der Waals surface area contributed by atoms with Gasteiger partial charge in [0.2, 0.25) is 5.91 Å². The van der Waals surface area contributed by atoms with Crippen LogP contribution in [0.5, 0.6) is 0 Å². The Balaban J connectivity index is 2.50. The molecule has 17 heavy (non-hydrogen) atoms. The average Bonchev–Trinajstić information content (AvgIpc) is 2.35. The summed E-state index contributed by atoms with van der Waals surface area (Å²) >= 11 is 0. The van der Waals surface area contributed by atoms with Crippen molar-refractivity contribution in [2.75, 3.05) is 20.2 Å². The molecule has 0 spiro atoms. The van der Waals surface area contributed by atoms with Gasteiger partial charge >= 0.3 is 0 Å². The van der Waals surface area contributed by atoms with Gasteiger partial charge in [-0.1, -0.05) is 38.1 Å². The van der Waals surface area contributed by atoms with Crippen molar-refractivity contribution in [3.05, 3.63) is 35.4 Å². The quantitative estimate of drug-likeness (QED) is 0.845. The first kappa shape index (κ1) is 13.7. The number of aliphatic hydroxyl groups is 1. The zero-order valence-corrected chi connectivity index (χ0v) is 10.8. The molecule has 3 heteroatoms. The number of benzene rings is 1. The van der Waals surface area contributed by atoms with Gasteiger partial charge in [0.15, 0.2) is 0 Å². The van der Waals surface area contributed by atoms with Crippen LogP contribution < -0.4 is 0 Å². The van der Waals surface area contributed by atoms with E-state index in [9.17, 15) is 4.79 Å². The van der Waals surface area contributed by atoms with E-state index in [2.05, 4.69) is 38.1 Å². The summed E-state index contributed by atoms with van der Waals surface area (Å²) in [5, 5.41) is 8.71. The van der Waals surface area contributed by atoms with E-state index in [4.69, 9.17) is 5.11 Å². The smallest absolute Gasteiger partial charge is 0.248 e. The Hall–Kier alpha value is -1.35. The van der Waals surface area contributed by atoms with Crippen molar-refractivity contribution >= 4 is 5.91 Å². The fourth-order valence-corrected chi connectivity index (χ4v) is 1.61. The Morgan fingerprint density at radius 2 is 1.88 bits per heavy atom. The van der Waals surface area contributed by atoms with Gasteiger partial charge < -0.3 is 10.0 Å². The minimum Gasteiger partial charge on any atom is -0.387 e. The van der Waals surface area contributed by atoms with E-state index in [1.807, 2.05) is 0 Å². The maximum atomic E-state index is 11.2. The van der Waals surface area contributed by atoms with E-state index < -0.39 is 6.61 Å². The van der Waals surface area contributed by atoms with Gasteiger partial charge in [-0.15, -0.1) is 0 Å². The molecule has 0 heterocycles. The highest BCUT2D eigenvalue weighted by atomic mass is 16.3. The molecule has 0 saturated heterocycles. The molecule has 1 N–H and O–H groups in total. The number of hydrogen-bond acceptors (Lipinski definition) is 2. The summed E-state index contributed by atoms with van der Waals surface area (Å²) in [6, 6.07) is 8.47. The van der Waals surface area contributed by atoms with E-state index in [0.717, 1.165) is 6.42 Å². The number of carbonyl (C=O) groups is 1. The number of amides is 1. The molecule has 1 aromatic carbocycles. The Labute approximate surface area is 103 Å². The van der Waals surface area contributed by atoms with E-state index in [-0.39, 0.29) is 5.91 Å². The second-order valence-electron chi connectivity index (χ2n) is 4.62. The van der Waals surface area contributed by atoms with Gasteiger partial charge in [-0.3, -0.25) is 4.79 Å². The molecule has 3 nitrogen and oxygen atoms in total. The summed E-state index contributed by atoms with van der Waals surface area (Å²) in [5.41, 5.74) is 2.54. The molecule has 0 atom stereocenters. The highest BCUT2D eigenvalue weighted by molar-refractivity contribution is 5.76. The van der Waals surface area contributed by atoms with E-state index in [1.165, 1.54) is 11.1 Å². The second-order valence-corrected chi connectivity index (χ2v) is 4.62. The van der Waals surface area contributed by atoms with Crippen LogP contribution in [0, 0.1) is 0 Å². The van der Waals surface area contributed by atoms with E-state index >= 15 is 0 Å². The van der Waals surface area contributed by atoms with Crippen LogP contribution in [0.25, 0.3) is 0 Å². The van der Waals surface area contributed by atoms with Crippen LogP contribution in [0.2, 0.25) is 0 Å². The van der Waals surface area contributed by atoms with Crippen molar-refractivity contribution in [3.63, 3.8) is 0 Å². The van der Waals surface area contributed by atoms with Crippen LogP contribution in [-0.2, 0) is 11.2 Å². The lowest BCUT2D eigenvalue weighted by molar-refractivity contribution is -0.132. The fraction of sp³-hybridized carbons (Fsp3) is 0.500. The topological polar surface area (TPSA) is 40.5 Å². The van der Waals surface area contributed by atoms with Crippen molar-refractivity contribution < 1.29 is 9.90 Å². The van der Waals surface area contributed by atoms with Crippen molar-refractivity contribution in [2.45, 2.75) is 26.2 Å². The Morgan fingerprint density at radius 1 is 1.29 bits per heavy atom. The van der Waals surface area contributed by atoms with E-state index in [0.29, 0.717) is 12.5 Å². The highest BCUT2D eigenvalue weighted by Gasteiger charge is 2.06. The van der Waals surface area contributed by atoms with Crippen molar-refractivity contribution in [2.24, 2.45) is 0 Å². The molecule has 0 aromatic heterocycles. The number of carbonyl (C=O) groups excluding carboxylic acids is 1. The third-order valence-corrected chi connectivity index (χ3v) is 2.94. The third kappa shape index (κ3) is 4.19. The lowest BCUT2D eigenvalue weighted by Crippen LogP contribution is -2.31. The summed E-state index contributed by atoms with van der Waals surface area (Å²) in [6.07, 6.45) is 0.820. The molecule has 0 bridgehead atoms. The normalized spacial score (nSPS) is 10.6. The van der Waals surface area contributed by atoms with Crippen LogP contribution in [0.15, 0.2) is 24.3 Å². The molecule has 0 radical (unpaired) electrons. The molecule has 0 aliphatic heterocycles. The molecule has 1 rings (SSSR count). The van der Waals surface area contributed by atoms with Crippen LogP contribution in [0.1, 0.15) is 30.9 Å². The summed E-state index contributed by atoms with van der Waals surface area (Å²) in [4.78, 5) is 12.7. The molecule has 1 amide bonds. The zero-order valence-electron chi connectivity index (χ0n) is 10.8. The predicted octanol–water partition coefficient (Wildman–Crippen LogP) is 1.80. The van der Waals surface area contributed by atoms with Gasteiger partial charge in [-0.2, -0.15) is 0 Å². The number of likely N-dealkylation sites (N-methyl/N-ethyl adjacent to an activating group) is 1. The van der Waals surface area contributed by atoms with E-state index in [1.54, 1.807) is 11.9 Å². The zero-order chi connectivity index (χ0) is 12.8. The molecule has 0 aliphatic carbocycles. The maximum absolute atomic E-state index is 11.2. The Bertz CT molecular complexity index is 357. The van der Waals surface area contributed by atoms with Crippen molar-refractivity contribution in [1.29, 1.82) is 0 Å². The Morgan fingerprint density at radius 3 is 2.35 bits per heavy atom. The van der Waals surface area contributed by atoms with Crippen LogP contribution in [0.3, 0.4) is 0 Å². The molecule has 94 valence electrons. The second kappa shape index (κ2) is 6.40. The van der Waals surface area contributed by atoms with Gasteiger partial charge in [0, 0.05) is 13.6 Å². The molecule has 0 fully saturated rings. The largest absolute Gasteiger partial charge is 0.387 e. The third-order valence-electron chi connectivity index (χ3n) is 2.94. The first-order chi connectivity index (χ1) is 8.04. The summed E-state index contributed by atoms with van der Waals surface area (Å²) < 4.78 is 0. The minimum absolute atomic E-state index is 0.233. The van der Waals surface area contributed by atoms with Gasteiger partial charge in [-0.25, -0.2) is 0 Å². The summed E-state index contributed by atoms with van der Waals surface area (Å²) in [6.45, 7) is 4.56. The first-order valence-electron chi connectivity index (χ1n) is 5.98. The maximum Gasteiger partial charge on any atom is 0.248 e. The molecule has 0 unspecified atom stereocenters. The van der Waals surface area contributed by atoms with Gasteiger partial charge in [0.05, 0.1) is 0 Å². The Kier molecular flexibility index (Phi) is 5.16. The fourth-order valence-electron chi connectivity index (χ4n) is 1.61. The standard InChI is InChI=1S/C14H21NO2/c1-11(2)13-6-4-12(5-7-13)8-9-15(3)14(17)10-16/h4-7,11,16H,8-10H2,1-3H3. The van der Waals surface area contributed by atoms with Gasteiger partial charge in [0.25, 0.3) is 0 Å². The lowest BCUT2D eigenvalue weighted by atomic mass is 10.0. The molecule has 0 saturated carbocycles. The number of rotatable bonds is 5. The molecular formula is C14H21NO2. The lowest BCUT2D eigenvalue weighted by Gasteiger charge is -2.15. The molecular weight excluding hydrogens is 214 g/mol. The number of aliphatic hydroxyl groups excluding tert-OH is 1. The monoisotopic (exact) mass is 235 g/mol. The molecule has 1 aromatic rings. The van der Waals surface area contributed by atoms with Crippen molar-refractivity contribution in [1.82, 2.24) is 4.90 Å². The van der Waals surface area contributed by atoms with Crippen LogP contribution in [0.4, 0.5) is 0 Å². The number of nitrogens with zero attached hydrogens (tertiary/aromatic N) is 1. The van der Waals surface area contributed by atoms with Gasteiger partial charge in [0.1, 0.15) is 6.61 Å². The van der Waals surface area contributed by atoms with Gasteiger partial charge in [-0.05, 0) is 23.5 Å². The van der Waals surface area contributed by atoms with Crippen LogP contribution >= 0.6 is 0 Å². The summed E-state index contributed by atoms with van der Waals surface area (Å²) in [7, 11) is 1.71.